The van der Waals surface area contributed by atoms with Crippen molar-refractivity contribution < 1.29 is 35.4 Å². The molecule has 1 heterocycles. The van der Waals surface area contributed by atoms with Gasteiger partial charge in [0.05, 0.1) is 13.2 Å². The third-order valence-electron chi connectivity index (χ3n) is 3.35. The summed E-state index contributed by atoms with van der Waals surface area (Å²) in [5.74, 6) is 0.156. The van der Waals surface area contributed by atoms with Crippen molar-refractivity contribution in [2.75, 3.05) is 32.8 Å². The zero-order chi connectivity index (χ0) is 15.3. The van der Waals surface area contributed by atoms with Gasteiger partial charge in [0, 0.05) is 25.6 Å². The summed E-state index contributed by atoms with van der Waals surface area (Å²) in [6, 6.07) is 0. The van der Waals surface area contributed by atoms with Crippen molar-refractivity contribution in [1.29, 1.82) is 0 Å². The second-order valence-corrected chi connectivity index (χ2v) is 5.01. The molecule has 0 spiro atoms. The van der Waals surface area contributed by atoms with Crippen molar-refractivity contribution >= 4 is 6.09 Å². The first kappa shape index (κ1) is 17.1. The van der Waals surface area contributed by atoms with Crippen LogP contribution in [0, 0.1) is 5.92 Å². The molecule has 118 valence electrons. The average molecular weight is 294 g/mol. The molecular formula is C11H22N2O7. The Labute approximate surface area is 116 Å². The molecule has 1 aliphatic heterocycles. The molecule has 0 aromatic carbocycles. The van der Waals surface area contributed by atoms with Gasteiger partial charge in [-0.2, -0.15) is 0 Å². The number of carbonyl (C=O) groups is 1. The van der Waals surface area contributed by atoms with E-state index in [0.717, 1.165) is 4.90 Å². The predicted molar refractivity (Wildman–Crippen MR) is 67.1 cm³/mol. The topological polar surface area (TPSA) is 154 Å². The number of hydrogen-bond acceptors (Lipinski definition) is 7. The molecule has 1 saturated heterocycles. The molecule has 9 heteroatoms. The van der Waals surface area contributed by atoms with Crippen LogP contribution in [0.1, 0.15) is 0 Å². The van der Waals surface area contributed by atoms with Gasteiger partial charge >= 0.3 is 6.09 Å². The van der Waals surface area contributed by atoms with Gasteiger partial charge in [0.15, 0.2) is 0 Å². The molecule has 1 rings (SSSR count). The van der Waals surface area contributed by atoms with Crippen LogP contribution < -0.4 is 5.32 Å². The van der Waals surface area contributed by atoms with Crippen LogP contribution in [0.15, 0.2) is 0 Å². The third-order valence-corrected chi connectivity index (χ3v) is 3.35. The summed E-state index contributed by atoms with van der Waals surface area (Å²) in [5.41, 5.74) is 0. The zero-order valence-electron chi connectivity index (χ0n) is 11.0. The van der Waals surface area contributed by atoms with Crippen molar-refractivity contribution in [3.05, 3.63) is 0 Å². The Morgan fingerprint density at radius 3 is 2.10 bits per heavy atom. The summed E-state index contributed by atoms with van der Waals surface area (Å²) in [6.07, 6.45) is -7.90. The van der Waals surface area contributed by atoms with Crippen LogP contribution in [0.25, 0.3) is 0 Å². The normalized spacial score (nSPS) is 21.6. The first-order chi connectivity index (χ1) is 9.36. The van der Waals surface area contributed by atoms with Gasteiger partial charge < -0.3 is 40.9 Å². The lowest BCUT2D eigenvalue weighted by Crippen LogP contribution is -2.54. The molecule has 4 unspecified atom stereocenters. The first-order valence-electron chi connectivity index (χ1n) is 6.38. The Balaban J connectivity index is 2.51. The molecule has 0 bridgehead atoms. The largest absolute Gasteiger partial charge is 0.465 e. The maximum absolute atomic E-state index is 11.1. The minimum absolute atomic E-state index is 0.156. The van der Waals surface area contributed by atoms with Gasteiger partial charge in [-0.15, -0.1) is 0 Å². The molecular weight excluding hydrogens is 272 g/mol. The molecule has 1 amide bonds. The molecule has 0 aromatic rings. The van der Waals surface area contributed by atoms with Gasteiger partial charge in [-0.1, -0.05) is 0 Å². The fourth-order valence-corrected chi connectivity index (χ4v) is 1.92. The van der Waals surface area contributed by atoms with E-state index in [1.807, 2.05) is 0 Å². The second-order valence-electron chi connectivity index (χ2n) is 5.01. The lowest BCUT2D eigenvalue weighted by atomic mass is 10.0. The van der Waals surface area contributed by atoms with E-state index in [1.165, 1.54) is 0 Å². The molecule has 1 fully saturated rings. The Morgan fingerprint density at radius 1 is 1.15 bits per heavy atom. The number of carboxylic acid groups (broad SMARTS) is 1. The third kappa shape index (κ3) is 4.54. The molecule has 0 saturated carbocycles. The number of nitrogens with zero attached hydrogens (tertiary/aromatic N) is 1. The summed E-state index contributed by atoms with van der Waals surface area (Å²) in [4.78, 5) is 12.0. The molecule has 0 radical (unpaired) electrons. The molecule has 0 aliphatic carbocycles. The van der Waals surface area contributed by atoms with Gasteiger partial charge in [0.1, 0.15) is 24.4 Å². The van der Waals surface area contributed by atoms with E-state index in [2.05, 4.69) is 5.32 Å². The molecule has 7 N–H and O–H groups in total. The summed E-state index contributed by atoms with van der Waals surface area (Å²) in [7, 11) is 0. The van der Waals surface area contributed by atoms with Crippen molar-refractivity contribution in [1.82, 2.24) is 10.2 Å². The van der Waals surface area contributed by atoms with Crippen molar-refractivity contribution in [2.24, 2.45) is 5.92 Å². The van der Waals surface area contributed by atoms with Crippen LogP contribution in [0.5, 0.6) is 0 Å². The smallest absolute Gasteiger partial charge is 0.407 e. The van der Waals surface area contributed by atoms with Crippen LogP contribution in [-0.2, 0) is 0 Å². The lowest BCUT2D eigenvalue weighted by Gasteiger charge is -2.34. The highest BCUT2D eigenvalue weighted by Crippen LogP contribution is 2.10. The number of nitrogens with one attached hydrogen (secondary N) is 1. The number of aliphatic hydroxyl groups is 5. The molecule has 4 atom stereocenters. The van der Waals surface area contributed by atoms with E-state index < -0.39 is 37.1 Å². The summed E-state index contributed by atoms with van der Waals surface area (Å²) in [5, 5.41) is 58.6. The van der Waals surface area contributed by atoms with Crippen LogP contribution in [-0.4, -0.2) is 98.8 Å². The van der Waals surface area contributed by atoms with Crippen LogP contribution in [0.3, 0.4) is 0 Å². The molecule has 20 heavy (non-hydrogen) atoms. The van der Waals surface area contributed by atoms with Gasteiger partial charge in [0.2, 0.25) is 0 Å². The molecule has 0 aromatic heterocycles. The number of rotatable bonds is 8. The van der Waals surface area contributed by atoms with E-state index in [1.54, 1.807) is 0 Å². The Kier molecular flexibility index (Phi) is 6.59. The highest BCUT2D eigenvalue weighted by Gasteiger charge is 2.33. The Morgan fingerprint density at radius 2 is 1.70 bits per heavy atom. The predicted octanol–water partition coefficient (Wildman–Crippen LogP) is -3.38. The van der Waals surface area contributed by atoms with Gasteiger partial charge in [-0.05, 0) is 0 Å². The zero-order valence-corrected chi connectivity index (χ0v) is 11.0. The van der Waals surface area contributed by atoms with Crippen molar-refractivity contribution in [2.45, 2.75) is 24.4 Å². The quantitative estimate of drug-likeness (QED) is 0.245. The fourth-order valence-electron chi connectivity index (χ4n) is 1.92. The molecule has 1 aliphatic rings. The summed E-state index contributed by atoms with van der Waals surface area (Å²) in [6.45, 7) is 0.427. The van der Waals surface area contributed by atoms with Gasteiger partial charge in [0.25, 0.3) is 0 Å². The van der Waals surface area contributed by atoms with Crippen molar-refractivity contribution in [3.8, 4) is 0 Å². The van der Waals surface area contributed by atoms with E-state index in [4.69, 9.17) is 10.2 Å². The van der Waals surface area contributed by atoms with Gasteiger partial charge in [-0.3, -0.25) is 0 Å². The minimum atomic E-state index is -1.75. The highest BCUT2D eigenvalue weighted by molar-refractivity contribution is 5.65. The maximum atomic E-state index is 11.1. The van der Waals surface area contributed by atoms with Crippen LogP contribution in [0.2, 0.25) is 0 Å². The van der Waals surface area contributed by atoms with E-state index >= 15 is 0 Å². The summed E-state index contributed by atoms with van der Waals surface area (Å²) >= 11 is 0. The monoisotopic (exact) mass is 294 g/mol. The van der Waals surface area contributed by atoms with Crippen LogP contribution >= 0.6 is 0 Å². The average Bonchev–Trinajstić information content (AvgIpc) is 2.37. The second kappa shape index (κ2) is 7.72. The Bertz CT molecular complexity index is 313. The Hall–Kier alpha value is -0.970. The first-order valence-corrected chi connectivity index (χ1v) is 6.38. The lowest BCUT2D eigenvalue weighted by molar-refractivity contribution is -0.118. The highest BCUT2D eigenvalue weighted by atomic mass is 16.4. The number of hydrogen-bond donors (Lipinski definition) is 7. The summed E-state index contributed by atoms with van der Waals surface area (Å²) < 4.78 is 0. The SMILES string of the molecule is O=C(O)N(CC1CNC1)CC(O)C(O)C(O)C(O)CO. The fraction of sp³-hybridized carbons (Fsp3) is 0.909. The number of amides is 1. The standard InChI is InChI=1S/C11H22N2O7/c14-5-8(16)10(18)9(17)7(15)4-13(11(19)20)3-6-1-12-2-6/h6-10,12,14-18H,1-5H2,(H,19,20). The van der Waals surface area contributed by atoms with E-state index in [0.29, 0.717) is 13.1 Å². The minimum Gasteiger partial charge on any atom is -0.465 e. The number of aliphatic hydroxyl groups excluding tert-OH is 5. The van der Waals surface area contributed by atoms with Crippen LogP contribution in [0.4, 0.5) is 4.79 Å². The van der Waals surface area contributed by atoms with E-state index in [-0.39, 0.29) is 19.0 Å². The van der Waals surface area contributed by atoms with E-state index in [9.17, 15) is 25.2 Å². The maximum Gasteiger partial charge on any atom is 0.407 e. The molecule has 9 nitrogen and oxygen atoms in total. The van der Waals surface area contributed by atoms with Crippen molar-refractivity contribution in [3.63, 3.8) is 0 Å². The van der Waals surface area contributed by atoms with Gasteiger partial charge in [-0.25, -0.2) is 4.79 Å².